The van der Waals surface area contributed by atoms with Crippen molar-refractivity contribution in [1.29, 1.82) is 0 Å². The Kier molecular flexibility index (Phi) is 4.78. The lowest BCUT2D eigenvalue weighted by molar-refractivity contribution is -0.125. The molecule has 1 unspecified atom stereocenters. The third-order valence-electron chi connectivity index (χ3n) is 2.69. The third kappa shape index (κ3) is 3.58. The topological polar surface area (TPSA) is 58.2 Å². The molecule has 2 aliphatic rings. The van der Waals surface area contributed by atoms with Crippen LogP contribution in [0.3, 0.4) is 0 Å². The summed E-state index contributed by atoms with van der Waals surface area (Å²) in [5.74, 6) is 1.41. The highest BCUT2D eigenvalue weighted by Gasteiger charge is 2.23. The molecule has 4 nitrogen and oxygen atoms in total. The standard InChI is InChI=1S/C10H11NOS.C3H5NO/c12-9(10-11-6-7-13-10)8-4-2-1-3-5-8;5-3-1-2-4-3/h1-5,10-11H,6-7H2;1-2H2,(H,4,5). The number of nitrogens with one attached hydrogen (secondary N) is 2. The van der Waals surface area contributed by atoms with E-state index in [0.29, 0.717) is 0 Å². The first-order valence-corrected chi connectivity index (χ1v) is 7.03. The van der Waals surface area contributed by atoms with E-state index >= 15 is 0 Å². The number of ketones is 1. The van der Waals surface area contributed by atoms with Crippen molar-refractivity contribution in [1.82, 2.24) is 10.6 Å². The Morgan fingerprint density at radius 2 is 1.89 bits per heavy atom. The number of benzene rings is 1. The average molecular weight is 264 g/mol. The fourth-order valence-corrected chi connectivity index (χ4v) is 2.57. The molecule has 0 bridgehead atoms. The Balaban J connectivity index is 0.000000202. The van der Waals surface area contributed by atoms with Gasteiger partial charge in [0.05, 0.1) is 0 Å². The minimum Gasteiger partial charge on any atom is -0.356 e. The monoisotopic (exact) mass is 264 g/mol. The van der Waals surface area contributed by atoms with Gasteiger partial charge < -0.3 is 5.32 Å². The van der Waals surface area contributed by atoms with E-state index in [0.717, 1.165) is 30.8 Å². The molecule has 0 radical (unpaired) electrons. The molecular formula is C13H16N2O2S. The van der Waals surface area contributed by atoms with Crippen molar-refractivity contribution >= 4 is 23.5 Å². The van der Waals surface area contributed by atoms with Gasteiger partial charge in [0.1, 0.15) is 5.37 Å². The van der Waals surface area contributed by atoms with Crippen LogP contribution in [0.4, 0.5) is 0 Å². The molecule has 2 N–H and O–H groups in total. The average Bonchev–Trinajstić information content (AvgIpc) is 2.91. The minimum atomic E-state index is -0.0256. The maximum atomic E-state index is 11.8. The van der Waals surface area contributed by atoms with E-state index in [1.54, 1.807) is 11.8 Å². The Morgan fingerprint density at radius 1 is 1.22 bits per heavy atom. The van der Waals surface area contributed by atoms with E-state index in [1.807, 2.05) is 30.3 Å². The molecule has 2 heterocycles. The molecular weight excluding hydrogens is 248 g/mol. The van der Waals surface area contributed by atoms with Gasteiger partial charge in [-0.05, 0) is 0 Å². The number of carbonyl (C=O) groups excluding carboxylic acids is 2. The van der Waals surface area contributed by atoms with E-state index < -0.39 is 0 Å². The van der Waals surface area contributed by atoms with Gasteiger partial charge in [0.2, 0.25) is 5.91 Å². The number of amides is 1. The van der Waals surface area contributed by atoms with Crippen molar-refractivity contribution in [3.8, 4) is 0 Å². The van der Waals surface area contributed by atoms with Gasteiger partial charge in [-0.25, -0.2) is 0 Å². The van der Waals surface area contributed by atoms with E-state index in [1.165, 1.54) is 0 Å². The van der Waals surface area contributed by atoms with Crippen LogP contribution in [0.1, 0.15) is 16.8 Å². The summed E-state index contributed by atoms with van der Waals surface area (Å²) in [5.41, 5.74) is 0.800. The van der Waals surface area contributed by atoms with Crippen molar-refractivity contribution in [2.45, 2.75) is 11.8 Å². The fourth-order valence-electron chi connectivity index (χ4n) is 1.57. The van der Waals surface area contributed by atoms with Crippen LogP contribution in [-0.2, 0) is 4.79 Å². The molecule has 5 heteroatoms. The lowest BCUT2D eigenvalue weighted by atomic mass is 10.1. The second-order valence-corrected chi connectivity index (χ2v) is 5.25. The van der Waals surface area contributed by atoms with Crippen LogP contribution >= 0.6 is 11.8 Å². The highest BCUT2D eigenvalue weighted by molar-refractivity contribution is 8.00. The number of Topliss-reactive ketones (excluding diaryl/α,β-unsaturated/α-hetero) is 1. The number of rotatable bonds is 2. The van der Waals surface area contributed by atoms with Crippen molar-refractivity contribution in [2.75, 3.05) is 18.8 Å². The molecule has 3 rings (SSSR count). The predicted molar refractivity (Wildman–Crippen MR) is 72.6 cm³/mol. The van der Waals surface area contributed by atoms with Crippen molar-refractivity contribution < 1.29 is 9.59 Å². The zero-order valence-corrected chi connectivity index (χ0v) is 10.8. The summed E-state index contributed by atoms with van der Waals surface area (Å²) in [6.07, 6.45) is 0.736. The van der Waals surface area contributed by atoms with Gasteiger partial charge in [-0.2, -0.15) is 0 Å². The van der Waals surface area contributed by atoms with Crippen molar-refractivity contribution in [3.05, 3.63) is 35.9 Å². The molecule has 2 aliphatic heterocycles. The molecule has 0 saturated carbocycles. The summed E-state index contributed by atoms with van der Waals surface area (Å²) in [4.78, 5) is 21.6. The maximum absolute atomic E-state index is 11.8. The summed E-state index contributed by atoms with van der Waals surface area (Å²) in [5, 5.41) is 5.71. The van der Waals surface area contributed by atoms with Crippen LogP contribution in [-0.4, -0.2) is 35.9 Å². The van der Waals surface area contributed by atoms with E-state index in [9.17, 15) is 9.59 Å². The van der Waals surface area contributed by atoms with Gasteiger partial charge in [0.15, 0.2) is 5.78 Å². The molecule has 96 valence electrons. The number of carbonyl (C=O) groups is 2. The largest absolute Gasteiger partial charge is 0.356 e. The van der Waals surface area contributed by atoms with Crippen LogP contribution < -0.4 is 10.6 Å². The first-order valence-electron chi connectivity index (χ1n) is 5.98. The number of β-lactam (4-membered cyclic amide) rings is 1. The second kappa shape index (κ2) is 6.56. The summed E-state index contributed by atoms with van der Waals surface area (Å²) in [7, 11) is 0. The Hall–Kier alpha value is -1.33. The molecule has 1 aromatic rings. The highest BCUT2D eigenvalue weighted by atomic mass is 32.2. The molecule has 0 aliphatic carbocycles. The SMILES string of the molecule is O=C(c1ccccc1)C1NCCS1.O=C1CCN1. The minimum absolute atomic E-state index is 0.0256. The molecule has 18 heavy (non-hydrogen) atoms. The van der Waals surface area contributed by atoms with E-state index in [4.69, 9.17) is 0 Å². The Labute approximate surface area is 111 Å². The fraction of sp³-hybridized carbons (Fsp3) is 0.385. The first kappa shape index (κ1) is 13.1. The highest BCUT2D eigenvalue weighted by Crippen LogP contribution is 2.18. The number of hydrogen-bond donors (Lipinski definition) is 2. The van der Waals surface area contributed by atoms with Gasteiger partial charge in [0.25, 0.3) is 0 Å². The molecule has 0 spiro atoms. The lowest BCUT2D eigenvalue weighted by Crippen LogP contribution is -2.37. The van der Waals surface area contributed by atoms with Gasteiger partial charge in [0, 0.05) is 30.8 Å². The van der Waals surface area contributed by atoms with Crippen LogP contribution in [0.5, 0.6) is 0 Å². The summed E-state index contributed by atoms with van der Waals surface area (Å²) in [6, 6.07) is 9.44. The van der Waals surface area contributed by atoms with Crippen LogP contribution in [0.25, 0.3) is 0 Å². The molecule has 0 aromatic heterocycles. The van der Waals surface area contributed by atoms with Crippen LogP contribution in [0.15, 0.2) is 30.3 Å². The first-order chi connectivity index (χ1) is 8.77. The quantitative estimate of drug-likeness (QED) is 0.619. The molecule has 1 atom stereocenters. The Morgan fingerprint density at radius 3 is 2.33 bits per heavy atom. The van der Waals surface area contributed by atoms with Gasteiger partial charge in [-0.1, -0.05) is 30.3 Å². The summed E-state index contributed by atoms with van der Waals surface area (Å²) >= 11 is 1.68. The second-order valence-electron chi connectivity index (χ2n) is 4.04. The number of hydrogen-bond acceptors (Lipinski definition) is 4. The van der Waals surface area contributed by atoms with E-state index in [-0.39, 0.29) is 17.1 Å². The molecule has 2 saturated heterocycles. The van der Waals surface area contributed by atoms with Crippen LogP contribution in [0.2, 0.25) is 0 Å². The van der Waals surface area contributed by atoms with Gasteiger partial charge in [-0.3, -0.25) is 14.9 Å². The third-order valence-corrected chi connectivity index (χ3v) is 3.84. The molecule has 1 amide bonds. The molecule has 2 fully saturated rings. The zero-order valence-electron chi connectivity index (χ0n) is 10.0. The van der Waals surface area contributed by atoms with Gasteiger partial charge >= 0.3 is 0 Å². The number of thioether (sulfide) groups is 1. The lowest BCUT2D eigenvalue weighted by Gasteiger charge is -2.10. The summed E-state index contributed by atoms with van der Waals surface area (Å²) < 4.78 is 0. The van der Waals surface area contributed by atoms with E-state index in [2.05, 4.69) is 10.6 Å². The maximum Gasteiger partial charge on any atom is 0.221 e. The van der Waals surface area contributed by atoms with Gasteiger partial charge in [-0.15, -0.1) is 11.8 Å². The summed E-state index contributed by atoms with van der Waals surface area (Å²) in [6.45, 7) is 1.83. The smallest absolute Gasteiger partial charge is 0.221 e. The molecule has 1 aromatic carbocycles. The van der Waals surface area contributed by atoms with Crippen molar-refractivity contribution in [2.24, 2.45) is 0 Å². The van der Waals surface area contributed by atoms with Crippen molar-refractivity contribution in [3.63, 3.8) is 0 Å². The zero-order chi connectivity index (χ0) is 12.8. The van der Waals surface area contributed by atoms with Crippen LogP contribution in [0, 0.1) is 0 Å². The predicted octanol–water partition coefficient (Wildman–Crippen LogP) is 1.04. The normalized spacial score (nSPS) is 21.3. The Bertz CT molecular complexity index is 410.